The standard InChI is InChI=1S/C17H19N3O2S/c18-17(22)19-9-6-15(21)20-10-7-14-13(8-11-23-14)16(20)12-4-2-1-3-5-12/h1-5,8,11,16H,6-7,9-10H2,(H3,18,19,22). The number of urea groups is 1. The van der Waals surface area contributed by atoms with E-state index in [9.17, 15) is 9.59 Å². The molecule has 1 aliphatic heterocycles. The summed E-state index contributed by atoms with van der Waals surface area (Å²) >= 11 is 1.75. The van der Waals surface area contributed by atoms with Gasteiger partial charge in [0.25, 0.3) is 0 Å². The second-order valence-corrected chi connectivity index (χ2v) is 6.49. The van der Waals surface area contributed by atoms with Gasteiger partial charge in [0.1, 0.15) is 0 Å². The third-order valence-corrected chi connectivity index (χ3v) is 5.04. The van der Waals surface area contributed by atoms with Crippen molar-refractivity contribution in [2.45, 2.75) is 18.9 Å². The lowest BCUT2D eigenvalue weighted by Gasteiger charge is -2.36. The van der Waals surface area contributed by atoms with E-state index in [4.69, 9.17) is 5.73 Å². The number of hydrogen-bond donors (Lipinski definition) is 2. The van der Waals surface area contributed by atoms with E-state index in [1.807, 2.05) is 23.1 Å². The minimum Gasteiger partial charge on any atom is -0.352 e. The maximum absolute atomic E-state index is 12.6. The molecule has 1 aliphatic rings. The molecule has 3 N–H and O–H groups in total. The average molecular weight is 329 g/mol. The Morgan fingerprint density at radius 2 is 2.04 bits per heavy atom. The molecule has 2 aromatic rings. The van der Waals surface area contributed by atoms with Crippen LogP contribution in [0.15, 0.2) is 41.8 Å². The predicted molar refractivity (Wildman–Crippen MR) is 90.2 cm³/mol. The quantitative estimate of drug-likeness (QED) is 0.903. The van der Waals surface area contributed by atoms with Gasteiger partial charge in [-0.2, -0.15) is 0 Å². The molecule has 120 valence electrons. The zero-order valence-corrected chi connectivity index (χ0v) is 13.5. The van der Waals surface area contributed by atoms with Gasteiger partial charge in [-0.25, -0.2) is 4.79 Å². The Kier molecular flexibility index (Phi) is 4.62. The molecule has 1 atom stereocenters. The van der Waals surface area contributed by atoms with E-state index in [0.29, 0.717) is 6.54 Å². The minimum atomic E-state index is -0.601. The average Bonchev–Trinajstić information content (AvgIpc) is 3.02. The summed E-state index contributed by atoms with van der Waals surface area (Å²) in [7, 11) is 0. The first-order valence-electron chi connectivity index (χ1n) is 7.61. The van der Waals surface area contributed by atoms with Gasteiger partial charge in [-0.05, 0) is 29.0 Å². The number of carbonyl (C=O) groups excluding carboxylic acids is 2. The van der Waals surface area contributed by atoms with Crippen molar-refractivity contribution in [3.8, 4) is 0 Å². The molecule has 5 nitrogen and oxygen atoms in total. The highest BCUT2D eigenvalue weighted by molar-refractivity contribution is 7.10. The van der Waals surface area contributed by atoms with Crippen LogP contribution in [0.4, 0.5) is 4.79 Å². The smallest absolute Gasteiger partial charge is 0.312 e. The summed E-state index contributed by atoms with van der Waals surface area (Å²) < 4.78 is 0. The molecule has 6 heteroatoms. The maximum atomic E-state index is 12.6. The number of primary amides is 1. The first-order chi connectivity index (χ1) is 11.2. The Balaban J connectivity index is 1.84. The fraction of sp³-hybridized carbons (Fsp3) is 0.294. The molecule has 3 rings (SSSR count). The lowest BCUT2D eigenvalue weighted by Crippen LogP contribution is -2.41. The molecule has 23 heavy (non-hydrogen) atoms. The van der Waals surface area contributed by atoms with Gasteiger partial charge < -0.3 is 16.0 Å². The first-order valence-corrected chi connectivity index (χ1v) is 8.49. The second kappa shape index (κ2) is 6.83. The highest BCUT2D eigenvalue weighted by Crippen LogP contribution is 2.37. The maximum Gasteiger partial charge on any atom is 0.312 e. The van der Waals surface area contributed by atoms with Gasteiger partial charge >= 0.3 is 6.03 Å². The van der Waals surface area contributed by atoms with E-state index < -0.39 is 6.03 Å². The van der Waals surface area contributed by atoms with Crippen molar-refractivity contribution in [2.24, 2.45) is 5.73 Å². The zero-order valence-electron chi connectivity index (χ0n) is 12.7. The number of hydrogen-bond acceptors (Lipinski definition) is 3. The number of nitrogens with two attached hydrogens (primary N) is 1. The second-order valence-electron chi connectivity index (χ2n) is 5.49. The highest BCUT2D eigenvalue weighted by Gasteiger charge is 2.32. The third-order valence-electron chi connectivity index (χ3n) is 4.04. The van der Waals surface area contributed by atoms with Crippen molar-refractivity contribution in [3.63, 3.8) is 0 Å². The van der Waals surface area contributed by atoms with Crippen LogP contribution in [0, 0.1) is 0 Å². The molecule has 2 heterocycles. The number of nitrogens with one attached hydrogen (secondary N) is 1. The van der Waals surface area contributed by atoms with Crippen LogP contribution in [0.3, 0.4) is 0 Å². The van der Waals surface area contributed by atoms with Crippen molar-refractivity contribution in [1.82, 2.24) is 10.2 Å². The largest absolute Gasteiger partial charge is 0.352 e. The molecule has 1 aromatic heterocycles. The van der Waals surface area contributed by atoms with E-state index in [1.165, 1.54) is 10.4 Å². The number of thiophene rings is 1. The Morgan fingerprint density at radius 1 is 1.26 bits per heavy atom. The van der Waals surface area contributed by atoms with Crippen molar-refractivity contribution >= 4 is 23.3 Å². The van der Waals surface area contributed by atoms with E-state index in [0.717, 1.165) is 12.0 Å². The normalized spacial score (nSPS) is 16.7. The minimum absolute atomic E-state index is 0.0319. The van der Waals surface area contributed by atoms with Crippen LogP contribution in [0.25, 0.3) is 0 Å². The molecule has 1 unspecified atom stereocenters. The molecule has 0 bridgehead atoms. The monoisotopic (exact) mass is 329 g/mol. The Hall–Kier alpha value is -2.34. The molecule has 0 saturated heterocycles. The zero-order chi connectivity index (χ0) is 16.2. The number of carbonyl (C=O) groups is 2. The third kappa shape index (κ3) is 3.37. The van der Waals surface area contributed by atoms with E-state index in [2.05, 4.69) is 28.9 Å². The first kappa shape index (κ1) is 15.6. The Bertz CT molecular complexity index is 699. The number of benzene rings is 1. The molecule has 3 amide bonds. The molecule has 0 radical (unpaired) electrons. The van der Waals surface area contributed by atoms with Crippen LogP contribution in [0.2, 0.25) is 0 Å². The van der Waals surface area contributed by atoms with Gasteiger partial charge in [0.15, 0.2) is 0 Å². The van der Waals surface area contributed by atoms with E-state index in [1.54, 1.807) is 11.3 Å². The van der Waals surface area contributed by atoms with Crippen LogP contribution in [0.1, 0.15) is 28.5 Å². The molecule has 0 spiro atoms. The lowest BCUT2D eigenvalue weighted by molar-refractivity contribution is -0.133. The van der Waals surface area contributed by atoms with Gasteiger partial charge in [0.2, 0.25) is 5.91 Å². The summed E-state index contributed by atoms with van der Waals surface area (Å²) in [6.45, 7) is 0.963. The van der Waals surface area contributed by atoms with Crippen LogP contribution >= 0.6 is 11.3 Å². The molecular formula is C17H19N3O2S. The summed E-state index contributed by atoms with van der Waals surface area (Å²) in [6, 6.07) is 11.5. The highest BCUT2D eigenvalue weighted by atomic mass is 32.1. The van der Waals surface area contributed by atoms with Crippen molar-refractivity contribution in [1.29, 1.82) is 0 Å². The van der Waals surface area contributed by atoms with E-state index >= 15 is 0 Å². The fourth-order valence-corrected chi connectivity index (χ4v) is 3.92. The topological polar surface area (TPSA) is 75.4 Å². The van der Waals surface area contributed by atoms with E-state index in [-0.39, 0.29) is 24.9 Å². The van der Waals surface area contributed by atoms with Gasteiger partial charge in [-0.15, -0.1) is 11.3 Å². The van der Waals surface area contributed by atoms with Gasteiger partial charge in [0.05, 0.1) is 6.04 Å². The molecule has 0 saturated carbocycles. The molecule has 0 aliphatic carbocycles. The van der Waals surface area contributed by atoms with Crippen LogP contribution in [-0.2, 0) is 11.2 Å². The summed E-state index contributed by atoms with van der Waals surface area (Å²) in [5.74, 6) is 0.0319. The number of nitrogens with zero attached hydrogens (tertiary/aromatic N) is 1. The molecule has 1 aromatic carbocycles. The fourth-order valence-electron chi connectivity index (χ4n) is 3.02. The van der Waals surface area contributed by atoms with Crippen LogP contribution < -0.4 is 11.1 Å². The van der Waals surface area contributed by atoms with Gasteiger partial charge in [-0.3, -0.25) is 4.79 Å². The molecular weight excluding hydrogens is 310 g/mol. The summed E-state index contributed by atoms with van der Waals surface area (Å²) in [6.07, 6.45) is 1.14. The van der Waals surface area contributed by atoms with Crippen LogP contribution in [0.5, 0.6) is 0 Å². The van der Waals surface area contributed by atoms with Crippen LogP contribution in [-0.4, -0.2) is 29.9 Å². The number of fused-ring (bicyclic) bond motifs is 1. The van der Waals surface area contributed by atoms with Crippen molar-refractivity contribution in [2.75, 3.05) is 13.1 Å². The van der Waals surface area contributed by atoms with Crippen molar-refractivity contribution < 1.29 is 9.59 Å². The Morgan fingerprint density at radius 3 is 2.78 bits per heavy atom. The Labute approximate surface area is 139 Å². The SMILES string of the molecule is NC(=O)NCCC(=O)N1CCc2sccc2C1c1ccccc1. The molecule has 0 fully saturated rings. The number of amides is 3. The van der Waals surface area contributed by atoms with Gasteiger partial charge in [-0.1, -0.05) is 30.3 Å². The predicted octanol–water partition coefficient (Wildman–Crippen LogP) is 2.28. The lowest BCUT2D eigenvalue weighted by atomic mass is 9.93. The summed E-state index contributed by atoms with van der Waals surface area (Å²) in [5, 5.41) is 4.56. The summed E-state index contributed by atoms with van der Waals surface area (Å²) in [4.78, 5) is 26.6. The summed E-state index contributed by atoms with van der Waals surface area (Å²) in [5.41, 5.74) is 7.38. The number of rotatable bonds is 4. The van der Waals surface area contributed by atoms with Crippen molar-refractivity contribution in [3.05, 3.63) is 57.8 Å². The van der Waals surface area contributed by atoms with Gasteiger partial charge in [0, 0.05) is 24.4 Å².